The number of nitrogens with zero attached hydrogens (tertiary/aromatic N) is 3. The normalized spacial score (nSPS) is 35.3. The van der Waals surface area contributed by atoms with Crippen LogP contribution < -0.4 is 16.0 Å². The quantitative estimate of drug-likeness (QED) is 0.580. The van der Waals surface area contributed by atoms with Crippen LogP contribution in [0.3, 0.4) is 0 Å². The molecule has 0 aromatic rings. The number of hydrogen-bond donors (Lipinski definition) is 3. The summed E-state index contributed by atoms with van der Waals surface area (Å²) in [6.45, 7) is 6.26. The van der Waals surface area contributed by atoms with Gasteiger partial charge in [-0.2, -0.15) is 0 Å². The highest BCUT2D eigenvalue weighted by molar-refractivity contribution is 5.83. The van der Waals surface area contributed by atoms with Gasteiger partial charge >= 0.3 is 0 Å². The number of rotatable bonds is 4. The lowest BCUT2D eigenvalue weighted by Gasteiger charge is -2.41. The zero-order chi connectivity index (χ0) is 19.5. The van der Waals surface area contributed by atoms with Crippen LogP contribution in [-0.2, 0) is 9.59 Å². The van der Waals surface area contributed by atoms with Gasteiger partial charge in [0.15, 0.2) is 0 Å². The van der Waals surface area contributed by atoms with Gasteiger partial charge in [0.2, 0.25) is 11.8 Å². The Kier molecular flexibility index (Phi) is 6.50. The summed E-state index contributed by atoms with van der Waals surface area (Å²) >= 11 is 0. The highest BCUT2D eigenvalue weighted by atomic mass is 16.2. The lowest BCUT2D eigenvalue weighted by atomic mass is 10.0. The van der Waals surface area contributed by atoms with Gasteiger partial charge in [-0.1, -0.05) is 0 Å². The summed E-state index contributed by atoms with van der Waals surface area (Å²) < 4.78 is 0. The van der Waals surface area contributed by atoms with Gasteiger partial charge in [-0.3, -0.25) is 19.4 Å². The molecule has 4 unspecified atom stereocenters. The molecule has 0 aromatic carbocycles. The molecule has 4 heterocycles. The molecule has 8 heteroatoms. The largest absolute Gasteiger partial charge is 0.353 e. The van der Waals surface area contributed by atoms with Crippen molar-refractivity contribution in [3.05, 3.63) is 0 Å². The molecule has 158 valence electrons. The smallest absolute Gasteiger partial charge is 0.238 e. The summed E-state index contributed by atoms with van der Waals surface area (Å²) in [4.78, 5) is 31.9. The Labute approximate surface area is 168 Å². The van der Waals surface area contributed by atoms with E-state index in [-0.39, 0.29) is 29.9 Å². The Morgan fingerprint density at radius 3 is 2.64 bits per heavy atom. The lowest BCUT2D eigenvalue weighted by molar-refractivity contribution is -0.133. The molecule has 4 aliphatic rings. The highest BCUT2D eigenvalue weighted by Crippen LogP contribution is 2.21. The molecular weight excluding hydrogens is 356 g/mol. The van der Waals surface area contributed by atoms with Crippen LogP contribution in [-0.4, -0.2) is 104 Å². The lowest BCUT2D eigenvalue weighted by Crippen LogP contribution is -2.56. The van der Waals surface area contributed by atoms with Crippen molar-refractivity contribution in [1.29, 1.82) is 0 Å². The van der Waals surface area contributed by atoms with E-state index in [0.29, 0.717) is 19.1 Å². The Morgan fingerprint density at radius 1 is 1.07 bits per heavy atom. The number of amides is 2. The van der Waals surface area contributed by atoms with E-state index in [1.165, 1.54) is 19.3 Å². The highest BCUT2D eigenvalue weighted by Gasteiger charge is 2.40. The number of carbonyl (C=O) groups excluding carboxylic acids is 2. The zero-order valence-corrected chi connectivity index (χ0v) is 17.2. The molecule has 0 spiro atoms. The van der Waals surface area contributed by atoms with Gasteiger partial charge in [0.25, 0.3) is 0 Å². The van der Waals surface area contributed by atoms with Crippen molar-refractivity contribution in [1.82, 2.24) is 30.7 Å². The van der Waals surface area contributed by atoms with Crippen LogP contribution in [0.25, 0.3) is 0 Å². The van der Waals surface area contributed by atoms with Gasteiger partial charge in [-0.15, -0.1) is 0 Å². The molecule has 4 saturated heterocycles. The second-order valence-electron chi connectivity index (χ2n) is 8.77. The third kappa shape index (κ3) is 4.35. The van der Waals surface area contributed by atoms with Gasteiger partial charge in [0.05, 0.1) is 6.17 Å². The maximum absolute atomic E-state index is 12.8. The monoisotopic (exact) mass is 392 g/mol. The molecule has 4 atom stereocenters. The molecular formula is C20H36N6O2. The zero-order valence-electron chi connectivity index (χ0n) is 17.2. The van der Waals surface area contributed by atoms with Crippen LogP contribution in [0, 0.1) is 0 Å². The fourth-order valence-electron chi connectivity index (χ4n) is 5.32. The van der Waals surface area contributed by atoms with Crippen molar-refractivity contribution >= 4 is 11.8 Å². The van der Waals surface area contributed by atoms with Gasteiger partial charge in [-0.05, 0) is 52.2 Å². The summed E-state index contributed by atoms with van der Waals surface area (Å²) in [7, 11) is 2.11. The molecule has 28 heavy (non-hydrogen) atoms. The molecule has 0 radical (unpaired) electrons. The van der Waals surface area contributed by atoms with E-state index in [9.17, 15) is 9.59 Å². The third-order valence-electron chi connectivity index (χ3n) is 7.17. The molecule has 3 N–H and O–H groups in total. The van der Waals surface area contributed by atoms with E-state index >= 15 is 0 Å². The minimum Gasteiger partial charge on any atom is -0.353 e. The van der Waals surface area contributed by atoms with Crippen molar-refractivity contribution < 1.29 is 9.59 Å². The van der Waals surface area contributed by atoms with Gasteiger partial charge in [0.1, 0.15) is 6.04 Å². The third-order valence-corrected chi connectivity index (χ3v) is 7.17. The van der Waals surface area contributed by atoms with Crippen molar-refractivity contribution in [2.24, 2.45) is 0 Å². The Hall–Kier alpha value is -1.22. The summed E-state index contributed by atoms with van der Waals surface area (Å²) in [5.74, 6) is 0.372. The average Bonchev–Trinajstić information content (AvgIpc) is 3.20. The molecule has 8 nitrogen and oxygen atoms in total. The fraction of sp³-hybridized carbons (Fsp3) is 0.900. The Morgan fingerprint density at radius 2 is 1.89 bits per heavy atom. The summed E-state index contributed by atoms with van der Waals surface area (Å²) in [6.07, 6.45) is 6.69. The molecule has 4 fully saturated rings. The number of likely N-dealkylation sites (N-methyl/N-ethyl adjacent to an activating group) is 1. The number of piperazine rings is 1. The maximum atomic E-state index is 12.8. The fourth-order valence-corrected chi connectivity index (χ4v) is 5.32. The van der Waals surface area contributed by atoms with Gasteiger partial charge in [-0.25, -0.2) is 0 Å². The molecule has 4 aliphatic heterocycles. The summed E-state index contributed by atoms with van der Waals surface area (Å²) in [5, 5.41) is 9.98. The van der Waals surface area contributed by atoms with Crippen LogP contribution in [0.2, 0.25) is 0 Å². The minimum atomic E-state index is -0.104. The number of hydrogen-bond acceptors (Lipinski definition) is 6. The van der Waals surface area contributed by atoms with Crippen LogP contribution in [0.4, 0.5) is 0 Å². The first-order chi connectivity index (χ1) is 13.6. The topological polar surface area (TPSA) is 80.0 Å². The first-order valence-corrected chi connectivity index (χ1v) is 11.1. The van der Waals surface area contributed by atoms with Crippen LogP contribution in [0.15, 0.2) is 0 Å². The van der Waals surface area contributed by atoms with Gasteiger partial charge < -0.3 is 20.9 Å². The van der Waals surface area contributed by atoms with Gasteiger partial charge in [0, 0.05) is 51.2 Å². The number of carbonyl (C=O) groups is 2. The van der Waals surface area contributed by atoms with E-state index in [1.54, 1.807) is 0 Å². The Bertz CT molecular complexity index is 559. The van der Waals surface area contributed by atoms with Crippen LogP contribution in [0.5, 0.6) is 0 Å². The van der Waals surface area contributed by atoms with Crippen LogP contribution in [0.1, 0.15) is 38.5 Å². The second kappa shape index (κ2) is 9.07. The van der Waals surface area contributed by atoms with E-state index in [2.05, 4.69) is 32.8 Å². The van der Waals surface area contributed by atoms with Crippen molar-refractivity contribution in [3.8, 4) is 0 Å². The number of nitrogens with one attached hydrogen (secondary N) is 3. The van der Waals surface area contributed by atoms with Crippen LogP contribution >= 0.6 is 0 Å². The Balaban J connectivity index is 1.23. The number of piperidine rings is 1. The first-order valence-electron chi connectivity index (χ1n) is 11.1. The molecule has 0 saturated carbocycles. The van der Waals surface area contributed by atoms with Crippen molar-refractivity contribution in [2.45, 2.75) is 62.8 Å². The predicted octanol–water partition coefficient (Wildman–Crippen LogP) is -0.829. The van der Waals surface area contributed by atoms with Crippen molar-refractivity contribution in [3.63, 3.8) is 0 Å². The molecule has 4 rings (SSSR count). The molecule has 0 aliphatic carbocycles. The summed E-state index contributed by atoms with van der Waals surface area (Å²) in [5.41, 5.74) is 0. The first kappa shape index (κ1) is 20.1. The van der Waals surface area contributed by atoms with E-state index in [4.69, 9.17) is 0 Å². The summed E-state index contributed by atoms with van der Waals surface area (Å²) in [6, 6.07) is 0.372. The SMILES string of the molecule is CN1C(CCC(=O)N2CCN(C3CCCCN3)CC2)CNC(=O)C2NCCC21. The molecule has 0 bridgehead atoms. The second-order valence-corrected chi connectivity index (χ2v) is 8.77. The van der Waals surface area contributed by atoms with E-state index in [0.717, 1.165) is 52.1 Å². The van der Waals surface area contributed by atoms with E-state index < -0.39 is 0 Å². The predicted molar refractivity (Wildman–Crippen MR) is 108 cm³/mol. The molecule has 0 aromatic heterocycles. The maximum Gasteiger partial charge on any atom is 0.238 e. The van der Waals surface area contributed by atoms with Crippen molar-refractivity contribution in [2.75, 3.05) is 52.9 Å². The average molecular weight is 393 g/mol. The molecule has 2 amide bonds. The minimum absolute atomic E-state index is 0.104. The van der Waals surface area contributed by atoms with E-state index in [1.807, 2.05) is 4.90 Å². The standard InChI is InChI=1S/C20H36N6O2/c1-24-15(14-23-20(28)19-16(24)7-9-22-19)5-6-18(27)26-12-10-25(11-13-26)17-4-2-3-8-21-17/h15-17,19,21-22H,2-14H2,1H3,(H,23,28). The number of fused-ring (bicyclic) bond motifs is 1.